The fraction of sp³-hybridized carbons (Fsp3) is 0.450. The maximum atomic E-state index is 14.7. The van der Waals surface area contributed by atoms with Crippen LogP contribution in [0.3, 0.4) is 0 Å². The van der Waals surface area contributed by atoms with Gasteiger partial charge in [0.1, 0.15) is 11.9 Å². The average molecular weight is 504 g/mol. The van der Waals surface area contributed by atoms with Gasteiger partial charge in [0, 0.05) is 26.1 Å². The predicted octanol–water partition coefficient (Wildman–Crippen LogP) is 0.0241. The van der Waals surface area contributed by atoms with Crippen LogP contribution < -0.4 is 16.0 Å². The number of halogens is 4. The van der Waals surface area contributed by atoms with Crippen LogP contribution >= 0.6 is 0 Å². The highest BCUT2D eigenvalue weighted by Gasteiger charge is 2.47. The third-order valence-electron chi connectivity index (χ3n) is 5.49. The molecule has 2 saturated heterocycles. The lowest BCUT2D eigenvalue weighted by atomic mass is 10.0. The molecule has 4 N–H and O–H groups in total. The second-order valence-corrected chi connectivity index (χ2v) is 7.74. The molecule has 35 heavy (non-hydrogen) atoms. The number of amides is 4. The van der Waals surface area contributed by atoms with Crippen molar-refractivity contribution in [2.24, 2.45) is 5.73 Å². The van der Waals surface area contributed by atoms with Gasteiger partial charge in [0.25, 0.3) is 11.8 Å². The summed E-state index contributed by atoms with van der Waals surface area (Å²) in [6.45, 7) is 1.17. The summed E-state index contributed by atoms with van der Waals surface area (Å²) < 4.78 is 52.0. The van der Waals surface area contributed by atoms with Crippen molar-refractivity contribution >= 4 is 35.3 Å². The van der Waals surface area contributed by atoms with Crippen molar-refractivity contribution in [2.45, 2.75) is 31.2 Å². The molecule has 1 aromatic carbocycles. The van der Waals surface area contributed by atoms with Crippen molar-refractivity contribution in [3.63, 3.8) is 0 Å². The van der Waals surface area contributed by atoms with Crippen molar-refractivity contribution in [3.05, 3.63) is 29.1 Å². The van der Waals surface area contributed by atoms with Gasteiger partial charge in [-0.3, -0.25) is 29.4 Å². The number of aliphatic carboxylic acids is 1. The maximum Gasteiger partial charge on any atom is 0.490 e. The number of imide groups is 2. The van der Waals surface area contributed by atoms with E-state index in [4.69, 9.17) is 20.4 Å². The Bertz CT molecular complexity index is 1080. The highest BCUT2D eigenvalue weighted by molar-refractivity contribution is 6.25. The minimum atomic E-state index is -5.08. The summed E-state index contributed by atoms with van der Waals surface area (Å²) in [5.74, 6) is -5.96. The van der Waals surface area contributed by atoms with E-state index < -0.39 is 47.6 Å². The molecule has 190 valence electrons. The molecule has 0 bridgehead atoms. The molecule has 0 spiro atoms. The van der Waals surface area contributed by atoms with E-state index in [0.717, 1.165) is 11.0 Å². The van der Waals surface area contributed by atoms with E-state index >= 15 is 0 Å². The summed E-state index contributed by atoms with van der Waals surface area (Å²) in [5.41, 5.74) is 5.64. The Kier molecular flexibility index (Phi) is 7.40. The smallest absolute Gasteiger partial charge is 0.475 e. The molecule has 1 aromatic rings. The first-order valence-electron chi connectivity index (χ1n) is 10.3. The second-order valence-electron chi connectivity index (χ2n) is 7.74. The Morgan fingerprint density at radius 2 is 1.86 bits per heavy atom. The summed E-state index contributed by atoms with van der Waals surface area (Å²) in [7, 11) is 0. The van der Waals surface area contributed by atoms with Crippen LogP contribution in [0, 0.1) is 5.82 Å². The number of alkyl halides is 3. The van der Waals surface area contributed by atoms with E-state index in [2.05, 4.69) is 5.32 Å². The van der Waals surface area contributed by atoms with E-state index in [-0.39, 0.29) is 48.8 Å². The first-order valence-corrected chi connectivity index (χ1v) is 10.3. The number of nitrogens with one attached hydrogen (secondary N) is 1. The molecule has 11 nitrogen and oxygen atoms in total. The molecule has 15 heteroatoms. The van der Waals surface area contributed by atoms with Crippen LogP contribution in [-0.2, 0) is 19.1 Å². The van der Waals surface area contributed by atoms with E-state index in [1.54, 1.807) is 4.90 Å². The molecule has 2 fully saturated rings. The van der Waals surface area contributed by atoms with Crippen LogP contribution in [0.1, 0.15) is 33.6 Å². The molecular weight excluding hydrogens is 484 g/mol. The number of piperidine rings is 1. The number of nitrogens with two attached hydrogens (primary N) is 1. The van der Waals surface area contributed by atoms with Gasteiger partial charge >= 0.3 is 12.1 Å². The minimum absolute atomic E-state index is 0.0205. The van der Waals surface area contributed by atoms with Gasteiger partial charge in [0.05, 0.1) is 29.5 Å². The number of hydrogen-bond donors (Lipinski definition) is 3. The lowest BCUT2D eigenvalue weighted by Crippen LogP contribution is -2.54. The number of benzene rings is 1. The zero-order valence-electron chi connectivity index (χ0n) is 17.9. The summed E-state index contributed by atoms with van der Waals surface area (Å²) >= 11 is 0. The quantitative estimate of drug-likeness (QED) is 0.381. The number of carbonyl (C=O) groups is 5. The van der Waals surface area contributed by atoms with Gasteiger partial charge in [-0.2, -0.15) is 13.2 Å². The van der Waals surface area contributed by atoms with Gasteiger partial charge in [-0.25, -0.2) is 9.18 Å². The van der Waals surface area contributed by atoms with Gasteiger partial charge in [0.15, 0.2) is 0 Å². The number of anilines is 1. The third kappa shape index (κ3) is 5.24. The zero-order valence-corrected chi connectivity index (χ0v) is 17.9. The van der Waals surface area contributed by atoms with Crippen LogP contribution in [0.15, 0.2) is 12.1 Å². The number of hydrogen-bond acceptors (Lipinski definition) is 8. The van der Waals surface area contributed by atoms with Crippen molar-refractivity contribution in [1.82, 2.24) is 10.2 Å². The van der Waals surface area contributed by atoms with Crippen LogP contribution in [0.25, 0.3) is 0 Å². The highest BCUT2D eigenvalue weighted by Crippen LogP contribution is 2.36. The number of fused-ring (bicyclic) bond motifs is 1. The summed E-state index contributed by atoms with van der Waals surface area (Å²) in [6, 6.07) is 1.30. The van der Waals surface area contributed by atoms with Crippen LogP contribution in [-0.4, -0.2) is 84.2 Å². The fourth-order valence-corrected chi connectivity index (χ4v) is 3.89. The minimum Gasteiger partial charge on any atom is -0.475 e. The van der Waals surface area contributed by atoms with E-state index in [1.165, 1.54) is 6.07 Å². The molecule has 2 unspecified atom stereocenters. The summed E-state index contributed by atoms with van der Waals surface area (Å²) in [6.07, 6.45) is -5.34. The zero-order chi connectivity index (χ0) is 26.1. The first kappa shape index (κ1) is 26.0. The van der Waals surface area contributed by atoms with Gasteiger partial charge in [-0.15, -0.1) is 0 Å². The van der Waals surface area contributed by atoms with Gasteiger partial charge in [-0.05, 0) is 18.6 Å². The monoisotopic (exact) mass is 504 g/mol. The van der Waals surface area contributed by atoms with E-state index in [9.17, 15) is 36.7 Å². The number of nitrogens with zero attached hydrogens (tertiary/aromatic N) is 2. The average Bonchev–Trinajstić information content (AvgIpc) is 3.03. The van der Waals surface area contributed by atoms with Crippen LogP contribution in [0.2, 0.25) is 0 Å². The number of carbonyl (C=O) groups excluding carboxylic acids is 4. The van der Waals surface area contributed by atoms with E-state index in [1.807, 2.05) is 0 Å². The van der Waals surface area contributed by atoms with Gasteiger partial charge in [0.2, 0.25) is 11.8 Å². The Labute approximate surface area is 194 Å². The fourth-order valence-electron chi connectivity index (χ4n) is 3.89. The molecule has 0 aliphatic carbocycles. The Balaban J connectivity index is 0.000000429. The first-order chi connectivity index (χ1) is 16.4. The second kappa shape index (κ2) is 9.95. The lowest BCUT2D eigenvalue weighted by Gasteiger charge is -2.35. The topological polar surface area (TPSA) is 159 Å². The van der Waals surface area contributed by atoms with Crippen LogP contribution in [0.4, 0.5) is 23.2 Å². The van der Waals surface area contributed by atoms with E-state index in [0.29, 0.717) is 13.2 Å². The Morgan fingerprint density at radius 1 is 1.20 bits per heavy atom. The van der Waals surface area contributed by atoms with Gasteiger partial charge in [-0.1, -0.05) is 0 Å². The molecule has 0 aromatic heterocycles. The summed E-state index contributed by atoms with van der Waals surface area (Å²) in [5, 5.41) is 9.26. The number of rotatable bonds is 3. The SMILES string of the molecule is NCC1CN(c2c(F)ccc3c2C(=O)N(C2CCC(=O)NC2=O)C3=O)CCO1.O=C(O)C(F)(F)F. The number of carboxylic acids is 1. The third-order valence-corrected chi connectivity index (χ3v) is 5.49. The molecule has 3 aliphatic rings. The molecule has 4 rings (SSSR count). The predicted molar refractivity (Wildman–Crippen MR) is 108 cm³/mol. The Morgan fingerprint density at radius 3 is 2.43 bits per heavy atom. The number of ether oxygens (including phenoxy) is 1. The highest BCUT2D eigenvalue weighted by atomic mass is 19.4. The standard InChI is InChI=1S/C18H19FN4O5.C2HF3O2/c19-11-2-1-10-14(15(11)22-5-6-28-9(7-20)8-22)18(27)23(17(10)26)12-3-4-13(24)21-16(12)25;3-2(4,5)1(6)7/h1-2,9,12H,3-8,20H2,(H,21,24,25);(H,6,7). The molecule has 4 amide bonds. The van der Waals surface area contributed by atoms with Crippen molar-refractivity contribution in [3.8, 4) is 0 Å². The van der Waals surface area contributed by atoms with Crippen molar-refractivity contribution < 1.29 is 51.4 Å². The molecular formula is C20H20F4N4O7. The van der Waals surface area contributed by atoms with Gasteiger partial charge < -0.3 is 20.5 Å². The largest absolute Gasteiger partial charge is 0.490 e. The molecule has 0 radical (unpaired) electrons. The number of morpholine rings is 1. The molecule has 0 saturated carbocycles. The maximum absolute atomic E-state index is 14.7. The molecule has 2 atom stereocenters. The number of carboxylic acid groups (broad SMARTS) is 1. The lowest BCUT2D eigenvalue weighted by molar-refractivity contribution is -0.192. The molecule has 3 aliphatic heterocycles. The van der Waals surface area contributed by atoms with Crippen molar-refractivity contribution in [2.75, 3.05) is 31.1 Å². The van der Waals surface area contributed by atoms with Crippen LogP contribution in [0.5, 0.6) is 0 Å². The summed E-state index contributed by atoms with van der Waals surface area (Å²) in [4.78, 5) is 60.9. The normalized spacial score (nSPS) is 22.4. The van der Waals surface area contributed by atoms with Crippen molar-refractivity contribution in [1.29, 1.82) is 0 Å². The molecule has 3 heterocycles. The Hall–Kier alpha value is -3.59.